The lowest BCUT2D eigenvalue weighted by molar-refractivity contribution is 0.625. The number of hydrogen-bond acceptors (Lipinski definition) is 1. The summed E-state index contributed by atoms with van der Waals surface area (Å²) < 4.78 is 13.5. The molecule has 16 heavy (non-hydrogen) atoms. The van der Waals surface area contributed by atoms with Gasteiger partial charge in [0.1, 0.15) is 5.82 Å². The quantitative estimate of drug-likeness (QED) is 0.827. The van der Waals surface area contributed by atoms with Crippen molar-refractivity contribution in [2.45, 2.75) is 20.3 Å². The third-order valence-electron chi connectivity index (χ3n) is 2.50. The molecule has 0 aliphatic rings. The molecule has 2 aromatic rings. The van der Waals surface area contributed by atoms with Crippen LogP contribution in [-0.2, 0) is 6.42 Å². The van der Waals surface area contributed by atoms with Crippen LogP contribution in [0.5, 0.6) is 0 Å². The Morgan fingerprint density at radius 1 is 1.38 bits per heavy atom. The lowest BCUT2D eigenvalue weighted by Gasteiger charge is -2.07. The fourth-order valence-corrected chi connectivity index (χ4v) is 1.84. The second kappa shape index (κ2) is 4.08. The van der Waals surface area contributed by atoms with Crippen molar-refractivity contribution in [1.29, 1.82) is 0 Å². The molecule has 1 N–H and O–H groups in total. The molecule has 84 valence electrons. The Balaban J connectivity index is 2.66. The Bertz CT molecular complexity index is 572. The zero-order valence-corrected chi connectivity index (χ0v) is 9.38. The molecule has 0 fully saturated rings. The van der Waals surface area contributed by atoms with Gasteiger partial charge in [-0.2, -0.15) is 0 Å². The van der Waals surface area contributed by atoms with Crippen LogP contribution in [0.4, 0.5) is 4.39 Å². The van der Waals surface area contributed by atoms with Crippen LogP contribution in [0.1, 0.15) is 19.5 Å². The number of rotatable bonds is 2. The summed E-state index contributed by atoms with van der Waals surface area (Å²) in [7, 11) is 0. The predicted octanol–water partition coefficient (Wildman–Crippen LogP) is 2.87. The minimum Gasteiger partial charge on any atom is -0.356 e. The number of hydrogen-bond donors (Lipinski definition) is 1. The average molecular weight is 219 g/mol. The number of aromatic amines is 1. The highest BCUT2D eigenvalue weighted by molar-refractivity contribution is 5.78. The number of fused-ring (bicyclic) bond motifs is 1. The second-order valence-electron chi connectivity index (χ2n) is 4.42. The van der Waals surface area contributed by atoms with Crippen LogP contribution < -0.4 is 5.43 Å². The van der Waals surface area contributed by atoms with Gasteiger partial charge in [-0.25, -0.2) is 4.39 Å². The standard InChI is InChI=1S/C13H14FNO/c1-8(2)6-9-7-12(16)10-4-3-5-11(14)13(10)15-9/h3-5,7-8H,6H2,1-2H3,(H,15,16). The molecule has 1 heterocycles. The van der Waals surface area contributed by atoms with Gasteiger partial charge in [-0.05, 0) is 24.5 Å². The maximum Gasteiger partial charge on any atom is 0.189 e. The molecule has 0 amide bonds. The van der Waals surface area contributed by atoms with E-state index in [-0.39, 0.29) is 11.2 Å². The van der Waals surface area contributed by atoms with Crippen LogP contribution in [-0.4, -0.2) is 4.98 Å². The smallest absolute Gasteiger partial charge is 0.189 e. The number of halogens is 1. The van der Waals surface area contributed by atoms with Crippen molar-refractivity contribution in [2.75, 3.05) is 0 Å². The number of pyridine rings is 1. The normalized spacial score (nSPS) is 11.2. The molecule has 0 bridgehead atoms. The summed E-state index contributed by atoms with van der Waals surface area (Å²) in [6, 6.07) is 6.10. The van der Waals surface area contributed by atoms with Gasteiger partial charge in [-0.15, -0.1) is 0 Å². The van der Waals surface area contributed by atoms with E-state index in [2.05, 4.69) is 18.8 Å². The van der Waals surface area contributed by atoms with E-state index in [1.807, 2.05) is 0 Å². The summed E-state index contributed by atoms with van der Waals surface area (Å²) in [5.41, 5.74) is 0.979. The Kier molecular flexibility index (Phi) is 2.77. The van der Waals surface area contributed by atoms with E-state index in [0.717, 1.165) is 12.1 Å². The third kappa shape index (κ3) is 1.98. The van der Waals surface area contributed by atoms with E-state index < -0.39 is 0 Å². The van der Waals surface area contributed by atoms with E-state index >= 15 is 0 Å². The molecule has 0 unspecified atom stereocenters. The molecule has 0 atom stereocenters. The van der Waals surface area contributed by atoms with Gasteiger partial charge in [0.15, 0.2) is 5.43 Å². The zero-order chi connectivity index (χ0) is 11.7. The Morgan fingerprint density at radius 2 is 2.12 bits per heavy atom. The number of H-pyrrole nitrogens is 1. The highest BCUT2D eigenvalue weighted by atomic mass is 19.1. The maximum atomic E-state index is 13.5. The molecule has 1 aromatic heterocycles. The van der Waals surface area contributed by atoms with E-state index in [1.54, 1.807) is 18.2 Å². The van der Waals surface area contributed by atoms with Crippen molar-refractivity contribution in [1.82, 2.24) is 4.98 Å². The molecule has 2 rings (SSSR count). The Morgan fingerprint density at radius 3 is 2.81 bits per heavy atom. The van der Waals surface area contributed by atoms with Gasteiger partial charge in [0.2, 0.25) is 0 Å². The Labute approximate surface area is 93.1 Å². The van der Waals surface area contributed by atoms with Gasteiger partial charge in [0.05, 0.1) is 5.52 Å². The maximum absolute atomic E-state index is 13.5. The second-order valence-corrected chi connectivity index (χ2v) is 4.42. The summed E-state index contributed by atoms with van der Waals surface area (Å²) in [5, 5.41) is 0.410. The molecule has 3 heteroatoms. The first kappa shape index (κ1) is 10.9. The molecule has 0 saturated carbocycles. The number of benzene rings is 1. The van der Waals surface area contributed by atoms with Crippen LogP contribution in [0.25, 0.3) is 10.9 Å². The van der Waals surface area contributed by atoms with Crippen molar-refractivity contribution in [3.63, 3.8) is 0 Å². The summed E-state index contributed by atoms with van der Waals surface area (Å²) >= 11 is 0. The van der Waals surface area contributed by atoms with Crippen molar-refractivity contribution >= 4 is 10.9 Å². The molecule has 0 radical (unpaired) electrons. The van der Waals surface area contributed by atoms with E-state index in [9.17, 15) is 9.18 Å². The van der Waals surface area contributed by atoms with E-state index in [0.29, 0.717) is 16.8 Å². The Hall–Kier alpha value is -1.64. The summed E-state index contributed by atoms with van der Waals surface area (Å²) in [6.07, 6.45) is 0.750. The average Bonchev–Trinajstić information content (AvgIpc) is 2.19. The SMILES string of the molecule is CC(C)Cc1cc(=O)c2cccc(F)c2[nH]1. The lowest BCUT2D eigenvalue weighted by atomic mass is 10.1. The van der Waals surface area contributed by atoms with Crippen molar-refractivity contribution in [3.05, 3.63) is 46.0 Å². The van der Waals surface area contributed by atoms with Crippen LogP contribution in [0.3, 0.4) is 0 Å². The van der Waals surface area contributed by atoms with Crippen LogP contribution in [0.15, 0.2) is 29.1 Å². The van der Waals surface area contributed by atoms with Crippen molar-refractivity contribution < 1.29 is 4.39 Å². The molecule has 0 saturated heterocycles. The van der Waals surface area contributed by atoms with E-state index in [4.69, 9.17) is 0 Å². The largest absolute Gasteiger partial charge is 0.356 e. The first-order valence-electron chi connectivity index (χ1n) is 5.38. The molecule has 1 aromatic carbocycles. The fourth-order valence-electron chi connectivity index (χ4n) is 1.84. The monoisotopic (exact) mass is 219 g/mol. The van der Waals surface area contributed by atoms with Gasteiger partial charge in [0.25, 0.3) is 0 Å². The third-order valence-corrected chi connectivity index (χ3v) is 2.50. The van der Waals surface area contributed by atoms with Crippen molar-refractivity contribution in [3.8, 4) is 0 Å². The number of para-hydroxylation sites is 1. The van der Waals surface area contributed by atoms with Gasteiger partial charge < -0.3 is 4.98 Å². The fraction of sp³-hybridized carbons (Fsp3) is 0.308. The number of nitrogens with one attached hydrogen (secondary N) is 1. The molecule has 0 aliphatic heterocycles. The van der Waals surface area contributed by atoms with Crippen molar-refractivity contribution in [2.24, 2.45) is 5.92 Å². The van der Waals surface area contributed by atoms with Gasteiger partial charge in [-0.1, -0.05) is 19.9 Å². The summed E-state index contributed by atoms with van der Waals surface area (Å²) in [5.74, 6) is 0.0556. The van der Waals surface area contributed by atoms with Crippen LogP contribution in [0.2, 0.25) is 0 Å². The van der Waals surface area contributed by atoms with Gasteiger partial charge in [0, 0.05) is 17.1 Å². The first-order chi connectivity index (χ1) is 7.58. The molecule has 0 aliphatic carbocycles. The number of aromatic nitrogens is 1. The predicted molar refractivity (Wildman–Crippen MR) is 63.1 cm³/mol. The minimum atomic E-state index is -0.375. The van der Waals surface area contributed by atoms with Gasteiger partial charge in [-0.3, -0.25) is 4.79 Å². The summed E-state index contributed by atoms with van der Waals surface area (Å²) in [6.45, 7) is 4.12. The first-order valence-corrected chi connectivity index (χ1v) is 5.38. The topological polar surface area (TPSA) is 32.9 Å². The van der Waals surface area contributed by atoms with Gasteiger partial charge >= 0.3 is 0 Å². The highest BCUT2D eigenvalue weighted by Crippen LogP contribution is 2.13. The molecular formula is C13H14FNO. The van der Waals surface area contributed by atoms with E-state index in [1.165, 1.54) is 6.07 Å². The molecule has 2 nitrogen and oxygen atoms in total. The molecule has 0 spiro atoms. The minimum absolute atomic E-state index is 0.121. The van der Waals surface area contributed by atoms with Crippen LogP contribution in [0, 0.1) is 11.7 Å². The summed E-state index contributed by atoms with van der Waals surface area (Å²) in [4.78, 5) is 14.7. The van der Waals surface area contributed by atoms with Crippen LogP contribution >= 0.6 is 0 Å². The molecular weight excluding hydrogens is 205 g/mol. The highest BCUT2D eigenvalue weighted by Gasteiger charge is 2.06. The lowest BCUT2D eigenvalue weighted by Crippen LogP contribution is -2.08. The zero-order valence-electron chi connectivity index (χ0n) is 9.38.